The molecule has 2 aromatic rings. The summed E-state index contributed by atoms with van der Waals surface area (Å²) in [5, 5.41) is 3.91. The molecule has 2 rings (SSSR count). The van der Waals surface area contributed by atoms with Gasteiger partial charge in [-0.3, -0.25) is 4.79 Å². The van der Waals surface area contributed by atoms with E-state index in [1.54, 1.807) is 7.11 Å². The zero-order valence-corrected chi connectivity index (χ0v) is 17.3. The molecule has 0 radical (unpaired) electrons. The number of rotatable bonds is 6. The summed E-state index contributed by atoms with van der Waals surface area (Å²) in [4.78, 5) is 11.8. The minimum absolute atomic E-state index is 0.165. The Kier molecular flexibility index (Phi) is 7.26. The molecule has 0 unspecified atom stereocenters. The molecule has 0 bridgehead atoms. The highest BCUT2D eigenvalue weighted by molar-refractivity contribution is 9.11. The van der Waals surface area contributed by atoms with E-state index in [1.165, 1.54) is 6.21 Å². The number of hydrogen-bond acceptors (Lipinski definition) is 4. The van der Waals surface area contributed by atoms with Crippen LogP contribution in [0.2, 0.25) is 0 Å². The van der Waals surface area contributed by atoms with Crippen LogP contribution in [0.3, 0.4) is 0 Å². The number of hydrogen-bond donors (Lipinski definition) is 1. The van der Waals surface area contributed by atoms with Crippen LogP contribution in [0.5, 0.6) is 11.5 Å². The normalized spacial score (nSPS) is 10.7. The van der Waals surface area contributed by atoms with E-state index in [0.29, 0.717) is 11.5 Å². The van der Waals surface area contributed by atoms with Gasteiger partial charge in [0, 0.05) is 10.0 Å². The highest BCUT2D eigenvalue weighted by Gasteiger charge is 2.10. The number of halogens is 3. The fraction of sp³-hybridized carbons (Fsp3) is 0.125. The van der Waals surface area contributed by atoms with Crippen LogP contribution >= 0.6 is 47.8 Å². The van der Waals surface area contributed by atoms with Crippen molar-refractivity contribution in [2.45, 2.75) is 0 Å². The molecule has 24 heavy (non-hydrogen) atoms. The first-order valence-corrected chi connectivity index (χ1v) is 9.11. The number of amides is 1. The fourth-order valence-corrected chi connectivity index (χ4v) is 4.27. The molecule has 0 aromatic heterocycles. The second kappa shape index (κ2) is 9.19. The molecule has 126 valence electrons. The first-order valence-electron chi connectivity index (χ1n) is 6.73. The van der Waals surface area contributed by atoms with Gasteiger partial charge in [0.2, 0.25) is 0 Å². The Hall–Kier alpha value is -1.38. The number of carbonyl (C=O) groups excluding carboxylic acids is 1. The summed E-state index contributed by atoms with van der Waals surface area (Å²) in [6.45, 7) is -0.165. The molecule has 0 aliphatic carbocycles. The number of ether oxygens (including phenoxy) is 2. The van der Waals surface area contributed by atoms with E-state index >= 15 is 0 Å². The van der Waals surface area contributed by atoms with Crippen LogP contribution in [-0.2, 0) is 4.79 Å². The van der Waals surface area contributed by atoms with Crippen molar-refractivity contribution < 1.29 is 14.3 Å². The second-order valence-corrected chi connectivity index (χ2v) is 7.15. The third-order valence-corrected chi connectivity index (χ3v) is 4.48. The van der Waals surface area contributed by atoms with Gasteiger partial charge in [-0.05, 0) is 56.1 Å². The lowest BCUT2D eigenvalue weighted by atomic mass is 10.2. The number of methoxy groups -OCH3 is 1. The number of hydrazone groups is 1. The van der Waals surface area contributed by atoms with Crippen molar-refractivity contribution in [1.82, 2.24) is 5.43 Å². The van der Waals surface area contributed by atoms with Gasteiger partial charge < -0.3 is 9.47 Å². The largest absolute Gasteiger partial charge is 0.496 e. The highest BCUT2D eigenvalue weighted by Crippen LogP contribution is 2.36. The van der Waals surface area contributed by atoms with E-state index in [4.69, 9.17) is 9.47 Å². The number of benzene rings is 2. The van der Waals surface area contributed by atoms with Crippen molar-refractivity contribution in [3.63, 3.8) is 0 Å². The zero-order chi connectivity index (χ0) is 17.5. The standard InChI is InChI=1S/C16H13Br3N2O3/c1-23-14-5-3-2-4-10(14)8-20-21-15(22)9-24-16-12(18)6-11(17)7-13(16)19/h2-8H,9H2,1H3,(H,21,22). The minimum Gasteiger partial charge on any atom is -0.496 e. The SMILES string of the molecule is COc1ccccc1C=NNC(=O)COc1c(Br)cc(Br)cc1Br. The Balaban J connectivity index is 1.91. The molecule has 8 heteroatoms. The van der Waals surface area contributed by atoms with Crippen LogP contribution in [0.1, 0.15) is 5.56 Å². The first-order chi connectivity index (χ1) is 11.5. The van der Waals surface area contributed by atoms with Crippen molar-refractivity contribution in [3.05, 3.63) is 55.4 Å². The van der Waals surface area contributed by atoms with E-state index in [2.05, 4.69) is 58.3 Å². The minimum atomic E-state index is -0.372. The Bertz CT molecular complexity index is 743. The maximum absolute atomic E-state index is 11.8. The Morgan fingerprint density at radius 2 is 1.88 bits per heavy atom. The molecule has 1 amide bonds. The van der Waals surface area contributed by atoms with Gasteiger partial charge in [-0.25, -0.2) is 5.43 Å². The van der Waals surface area contributed by atoms with E-state index in [1.807, 2.05) is 36.4 Å². The van der Waals surface area contributed by atoms with Gasteiger partial charge >= 0.3 is 0 Å². The molecule has 0 aliphatic heterocycles. The van der Waals surface area contributed by atoms with Crippen LogP contribution < -0.4 is 14.9 Å². The lowest BCUT2D eigenvalue weighted by Gasteiger charge is -2.10. The van der Waals surface area contributed by atoms with Gasteiger partial charge in [-0.15, -0.1) is 0 Å². The monoisotopic (exact) mass is 518 g/mol. The summed E-state index contributed by atoms with van der Waals surface area (Å²) in [7, 11) is 1.58. The number of para-hydroxylation sites is 1. The lowest BCUT2D eigenvalue weighted by Crippen LogP contribution is -2.24. The average molecular weight is 521 g/mol. The van der Waals surface area contributed by atoms with E-state index in [9.17, 15) is 4.79 Å². The summed E-state index contributed by atoms with van der Waals surface area (Å²) in [6.07, 6.45) is 1.52. The van der Waals surface area contributed by atoms with E-state index in [0.717, 1.165) is 19.0 Å². The maximum Gasteiger partial charge on any atom is 0.277 e. The number of carbonyl (C=O) groups is 1. The quantitative estimate of drug-likeness (QED) is 0.450. The predicted octanol–water partition coefficient (Wildman–Crippen LogP) is 4.51. The summed E-state index contributed by atoms with van der Waals surface area (Å²) < 4.78 is 13.1. The van der Waals surface area contributed by atoms with E-state index in [-0.39, 0.29) is 12.5 Å². The summed E-state index contributed by atoms with van der Waals surface area (Å²) in [5.41, 5.74) is 3.18. The zero-order valence-electron chi connectivity index (χ0n) is 12.6. The molecule has 2 aromatic carbocycles. The maximum atomic E-state index is 11.8. The van der Waals surface area contributed by atoms with Crippen molar-refractivity contribution in [3.8, 4) is 11.5 Å². The van der Waals surface area contributed by atoms with Crippen molar-refractivity contribution >= 4 is 59.9 Å². The Labute approximate surface area is 164 Å². The molecule has 0 saturated carbocycles. The second-order valence-electron chi connectivity index (χ2n) is 4.52. The Morgan fingerprint density at radius 3 is 2.54 bits per heavy atom. The van der Waals surface area contributed by atoms with E-state index < -0.39 is 0 Å². The molecular formula is C16H13Br3N2O3. The molecule has 5 nitrogen and oxygen atoms in total. The van der Waals surface area contributed by atoms with Gasteiger partial charge in [0.1, 0.15) is 11.5 Å². The predicted molar refractivity (Wildman–Crippen MR) is 104 cm³/mol. The third-order valence-electron chi connectivity index (χ3n) is 2.84. The molecule has 0 aliphatic rings. The first kappa shape index (κ1) is 19.0. The smallest absolute Gasteiger partial charge is 0.277 e. The topological polar surface area (TPSA) is 59.9 Å². The van der Waals surface area contributed by atoms with Gasteiger partial charge in [0.25, 0.3) is 5.91 Å². The molecule has 0 heterocycles. The van der Waals surface area contributed by atoms with Gasteiger partial charge in [-0.1, -0.05) is 28.1 Å². The molecule has 0 atom stereocenters. The summed E-state index contributed by atoms with van der Waals surface area (Å²) >= 11 is 10.1. The van der Waals surface area contributed by atoms with Gasteiger partial charge in [0.15, 0.2) is 6.61 Å². The van der Waals surface area contributed by atoms with Gasteiger partial charge in [0.05, 0.1) is 22.3 Å². The molecule has 0 spiro atoms. The third kappa shape index (κ3) is 5.32. The highest BCUT2D eigenvalue weighted by atomic mass is 79.9. The van der Waals surface area contributed by atoms with Crippen molar-refractivity contribution in [1.29, 1.82) is 0 Å². The van der Waals surface area contributed by atoms with Crippen LogP contribution in [0, 0.1) is 0 Å². The van der Waals surface area contributed by atoms with Crippen LogP contribution in [0.25, 0.3) is 0 Å². The van der Waals surface area contributed by atoms with Crippen LogP contribution in [0.15, 0.2) is 54.9 Å². The lowest BCUT2D eigenvalue weighted by molar-refractivity contribution is -0.123. The summed E-state index contributed by atoms with van der Waals surface area (Å²) in [6, 6.07) is 11.0. The molecule has 0 saturated heterocycles. The molecule has 1 N–H and O–H groups in total. The molecule has 0 fully saturated rings. The molecular weight excluding hydrogens is 508 g/mol. The van der Waals surface area contributed by atoms with Crippen LogP contribution in [0.4, 0.5) is 0 Å². The summed E-state index contributed by atoms with van der Waals surface area (Å²) in [5.74, 6) is 0.847. The average Bonchev–Trinajstić information content (AvgIpc) is 2.54. The van der Waals surface area contributed by atoms with Crippen molar-refractivity contribution in [2.24, 2.45) is 5.10 Å². The Morgan fingerprint density at radius 1 is 1.21 bits per heavy atom. The van der Waals surface area contributed by atoms with Gasteiger partial charge in [-0.2, -0.15) is 5.10 Å². The van der Waals surface area contributed by atoms with Crippen LogP contribution in [-0.4, -0.2) is 25.8 Å². The number of nitrogens with one attached hydrogen (secondary N) is 1. The van der Waals surface area contributed by atoms with Crippen molar-refractivity contribution in [2.75, 3.05) is 13.7 Å². The fourth-order valence-electron chi connectivity index (χ4n) is 1.78. The number of nitrogens with zero attached hydrogens (tertiary/aromatic N) is 1.